The van der Waals surface area contributed by atoms with Gasteiger partial charge < -0.3 is 4.90 Å². The zero-order valence-corrected chi connectivity index (χ0v) is 11.0. The Morgan fingerprint density at radius 3 is 2.37 bits per heavy atom. The molecule has 1 amide bonds. The van der Waals surface area contributed by atoms with E-state index in [1.54, 1.807) is 0 Å². The van der Waals surface area contributed by atoms with Gasteiger partial charge in [0.15, 0.2) is 0 Å². The summed E-state index contributed by atoms with van der Waals surface area (Å²) in [5.41, 5.74) is 2.07. The second-order valence-corrected chi connectivity index (χ2v) is 5.04. The summed E-state index contributed by atoms with van der Waals surface area (Å²) in [5.74, 6) is 3.65. The number of unbranched alkanes of at least 4 members (excludes halogenated alkanes) is 2. The van der Waals surface area contributed by atoms with E-state index in [9.17, 15) is 18.0 Å². The predicted molar refractivity (Wildman–Crippen MR) is 66.0 cm³/mol. The van der Waals surface area contributed by atoms with Crippen molar-refractivity contribution >= 4 is 5.91 Å². The van der Waals surface area contributed by atoms with E-state index in [4.69, 9.17) is 5.84 Å². The van der Waals surface area contributed by atoms with Gasteiger partial charge in [0.05, 0.1) is 5.92 Å². The quantitative estimate of drug-likeness (QED) is 0.338. The summed E-state index contributed by atoms with van der Waals surface area (Å²) in [6.45, 7) is 1.86. The van der Waals surface area contributed by atoms with Gasteiger partial charge in [-0.25, -0.2) is 5.84 Å². The molecule has 0 bridgehead atoms. The fraction of sp³-hybridized carbons (Fsp3) is 0.917. The normalized spacial score (nSPS) is 18.5. The van der Waals surface area contributed by atoms with E-state index in [1.165, 1.54) is 0 Å². The molecule has 19 heavy (non-hydrogen) atoms. The van der Waals surface area contributed by atoms with E-state index in [1.807, 2.05) is 0 Å². The number of nitrogens with one attached hydrogen (secondary N) is 1. The fourth-order valence-corrected chi connectivity index (χ4v) is 2.35. The molecule has 0 aliphatic carbocycles. The van der Waals surface area contributed by atoms with Gasteiger partial charge in [-0.15, -0.1) is 0 Å². The Balaban J connectivity index is 2.05. The Labute approximate surface area is 111 Å². The van der Waals surface area contributed by atoms with Crippen LogP contribution in [0.3, 0.4) is 0 Å². The van der Waals surface area contributed by atoms with E-state index in [0.29, 0.717) is 19.5 Å². The molecule has 0 atom stereocenters. The van der Waals surface area contributed by atoms with E-state index in [-0.39, 0.29) is 18.7 Å². The number of nitrogens with two attached hydrogens (primary N) is 1. The second-order valence-electron chi connectivity index (χ2n) is 5.04. The van der Waals surface area contributed by atoms with Crippen molar-refractivity contribution in [3.63, 3.8) is 0 Å². The molecule has 1 fully saturated rings. The predicted octanol–water partition coefficient (Wildman–Crippen LogP) is 1.81. The standard InChI is InChI=1S/C12H22F3N3O/c13-12(14,15)10-5-8-18(9-6-10)7-3-1-2-4-11(19)17-16/h10H,1-9,16H2,(H,17,19). The molecule has 1 rings (SSSR count). The van der Waals surface area contributed by atoms with Crippen molar-refractivity contribution < 1.29 is 18.0 Å². The molecule has 1 heterocycles. The van der Waals surface area contributed by atoms with Crippen LogP contribution in [0.25, 0.3) is 0 Å². The number of carbonyl (C=O) groups is 1. The van der Waals surface area contributed by atoms with Crippen molar-refractivity contribution in [2.45, 2.75) is 44.7 Å². The lowest BCUT2D eigenvalue weighted by Gasteiger charge is -2.32. The fourth-order valence-electron chi connectivity index (χ4n) is 2.35. The SMILES string of the molecule is NNC(=O)CCCCCN1CCC(C(F)(F)F)CC1. The summed E-state index contributed by atoms with van der Waals surface area (Å²) in [6, 6.07) is 0. The third-order valence-corrected chi connectivity index (χ3v) is 3.59. The lowest BCUT2D eigenvalue weighted by molar-refractivity contribution is -0.185. The van der Waals surface area contributed by atoms with Gasteiger partial charge in [-0.1, -0.05) is 6.42 Å². The number of halogens is 3. The summed E-state index contributed by atoms with van der Waals surface area (Å²) in [5, 5.41) is 0. The van der Waals surface area contributed by atoms with Crippen molar-refractivity contribution in [1.29, 1.82) is 0 Å². The van der Waals surface area contributed by atoms with Crippen LogP contribution in [0.15, 0.2) is 0 Å². The molecule has 1 aliphatic heterocycles. The van der Waals surface area contributed by atoms with Crippen molar-refractivity contribution in [3.05, 3.63) is 0 Å². The van der Waals surface area contributed by atoms with Crippen LogP contribution in [-0.2, 0) is 4.79 Å². The first-order chi connectivity index (χ1) is 8.93. The highest BCUT2D eigenvalue weighted by Crippen LogP contribution is 2.34. The van der Waals surface area contributed by atoms with Crippen LogP contribution in [0.5, 0.6) is 0 Å². The maximum Gasteiger partial charge on any atom is 0.391 e. The van der Waals surface area contributed by atoms with Crippen molar-refractivity contribution in [2.75, 3.05) is 19.6 Å². The zero-order chi connectivity index (χ0) is 14.3. The van der Waals surface area contributed by atoms with Gasteiger partial charge in [-0.05, 0) is 45.3 Å². The second kappa shape index (κ2) is 7.69. The van der Waals surface area contributed by atoms with Gasteiger partial charge in [-0.2, -0.15) is 13.2 Å². The topological polar surface area (TPSA) is 58.4 Å². The summed E-state index contributed by atoms with van der Waals surface area (Å²) < 4.78 is 37.4. The molecule has 0 aromatic heterocycles. The van der Waals surface area contributed by atoms with Gasteiger partial charge in [0.2, 0.25) is 5.91 Å². The Morgan fingerprint density at radius 2 is 1.84 bits per heavy atom. The van der Waals surface area contributed by atoms with Gasteiger partial charge in [0, 0.05) is 6.42 Å². The van der Waals surface area contributed by atoms with Crippen LogP contribution in [0, 0.1) is 5.92 Å². The third-order valence-electron chi connectivity index (χ3n) is 3.59. The molecule has 0 saturated carbocycles. The highest BCUT2D eigenvalue weighted by Gasteiger charge is 2.40. The Hall–Kier alpha value is -0.820. The minimum absolute atomic E-state index is 0.175. The number of hydrazine groups is 1. The maximum absolute atomic E-state index is 12.5. The first-order valence-corrected chi connectivity index (χ1v) is 6.72. The molecule has 1 aliphatic rings. The van der Waals surface area contributed by atoms with E-state index in [2.05, 4.69) is 10.3 Å². The largest absolute Gasteiger partial charge is 0.391 e. The van der Waals surface area contributed by atoms with Crippen LogP contribution in [0.2, 0.25) is 0 Å². The number of carbonyl (C=O) groups excluding carboxylic acids is 1. The number of rotatable bonds is 6. The molecule has 0 aromatic carbocycles. The Kier molecular flexibility index (Phi) is 6.57. The summed E-state index contributed by atoms with van der Waals surface area (Å²) in [6.07, 6.45) is -0.643. The highest BCUT2D eigenvalue weighted by molar-refractivity contribution is 5.74. The molecule has 7 heteroatoms. The molecular weight excluding hydrogens is 259 g/mol. The molecule has 0 aromatic rings. The number of hydrogen-bond donors (Lipinski definition) is 2. The molecule has 0 spiro atoms. The molecular formula is C12H22F3N3O. The van der Waals surface area contributed by atoms with Crippen LogP contribution in [0.1, 0.15) is 38.5 Å². The number of amides is 1. The minimum atomic E-state index is -4.04. The molecule has 3 N–H and O–H groups in total. The minimum Gasteiger partial charge on any atom is -0.303 e. The molecule has 0 radical (unpaired) electrons. The summed E-state index contributed by atoms with van der Waals surface area (Å²) in [7, 11) is 0. The summed E-state index contributed by atoms with van der Waals surface area (Å²) >= 11 is 0. The van der Waals surface area contributed by atoms with Gasteiger partial charge in [0.1, 0.15) is 0 Å². The van der Waals surface area contributed by atoms with E-state index >= 15 is 0 Å². The van der Waals surface area contributed by atoms with E-state index in [0.717, 1.165) is 25.8 Å². The summed E-state index contributed by atoms with van der Waals surface area (Å²) in [4.78, 5) is 12.9. The molecule has 4 nitrogen and oxygen atoms in total. The van der Waals surface area contributed by atoms with Crippen molar-refractivity contribution in [1.82, 2.24) is 10.3 Å². The smallest absolute Gasteiger partial charge is 0.303 e. The average molecular weight is 281 g/mol. The van der Waals surface area contributed by atoms with E-state index < -0.39 is 12.1 Å². The monoisotopic (exact) mass is 281 g/mol. The highest BCUT2D eigenvalue weighted by atomic mass is 19.4. The van der Waals surface area contributed by atoms with Gasteiger partial charge in [-0.3, -0.25) is 10.2 Å². The first-order valence-electron chi connectivity index (χ1n) is 6.72. The van der Waals surface area contributed by atoms with Crippen LogP contribution < -0.4 is 11.3 Å². The zero-order valence-electron chi connectivity index (χ0n) is 11.0. The molecule has 0 unspecified atom stereocenters. The third kappa shape index (κ3) is 6.24. The van der Waals surface area contributed by atoms with Gasteiger partial charge in [0.25, 0.3) is 0 Å². The number of nitrogens with zero attached hydrogens (tertiary/aromatic N) is 1. The lowest BCUT2D eigenvalue weighted by atomic mass is 9.96. The van der Waals surface area contributed by atoms with Crippen LogP contribution >= 0.6 is 0 Å². The number of piperidine rings is 1. The van der Waals surface area contributed by atoms with Crippen molar-refractivity contribution in [3.8, 4) is 0 Å². The Morgan fingerprint density at radius 1 is 1.21 bits per heavy atom. The number of hydrogen-bond acceptors (Lipinski definition) is 3. The van der Waals surface area contributed by atoms with Gasteiger partial charge >= 0.3 is 6.18 Å². The number of alkyl halides is 3. The molecule has 1 saturated heterocycles. The Bertz CT molecular complexity index is 276. The molecule has 112 valence electrons. The maximum atomic E-state index is 12.5. The van der Waals surface area contributed by atoms with Crippen molar-refractivity contribution in [2.24, 2.45) is 11.8 Å². The first kappa shape index (κ1) is 16.2. The lowest BCUT2D eigenvalue weighted by Crippen LogP contribution is -2.39. The van der Waals surface area contributed by atoms with Crippen LogP contribution in [0.4, 0.5) is 13.2 Å². The van der Waals surface area contributed by atoms with Crippen LogP contribution in [-0.4, -0.2) is 36.6 Å². The average Bonchev–Trinajstić information content (AvgIpc) is 2.37. The number of likely N-dealkylation sites (tertiary alicyclic amines) is 1.